The van der Waals surface area contributed by atoms with Crippen molar-refractivity contribution in [3.8, 4) is 0 Å². The number of rotatable bonds is 0. The Bertz CT molecular complexity index is 341. The zero-order chi connectivity index (χ0) is 13.5. The van der Waals surface area contributed by atoms with E-state index in [0.29, 0.717) is 0 Å². The molecule has 17 heteroatoms. The standard InChI is InChI=1S/3Cr.12O.2Y/q;;;;;;;;;6*-1;2*+3. The van der Waals surface area contributed by atoms with Crippen LogP contribution in [0.25, 0.3) is 0 Å². The van der Waals surface area contributed by atoms with E-state index in [1.807, 2.05) is 0 Å². The molecule has 0 saturated carbocycles. The summed E-state index contributed by atoms with van der Waals surface area (Å²) in [6, 6.07) is 0. The Morgan fingerprint density at radius 2 is 0.412 bits per heavy atom. The van der Waals surface area contributed by atoms with Gasteiger partial charge in [-0.2, -0.15) is 0 Å². The van der Waals surface area contributed by atoms with Crippen molar-refractivity contribution in [1.29, 1.82) is 0 Å². The summed E-state index contributed by atoms with van der Waals surface area (Å²) >= 11 is -17.2. The van der Waals surface area contributed by atoms with Crippen LogP contribution in [-0.4, -0.2) is 0 Å². The topological polar surface area (TPSA) is 241 Å². The summed E-state index contributed by atoms with van der Waals surface area (Å²) in [5.41, 5.74) is 0. The summed E-state index contributed by atoms with van der Waals surface area (Å²) in [7, 11) is 0. The molecule has 0 aliphatic heterocycles. The number of hydrogen-bond donors (Lipinski definition) is 0. The van der Waals surface area contributed by atoms with Gasteiger partial charge in [-0.05, 0) is 0 Å². The van der Waals surface area contributed by atoms with Crippen LogP contribution in [0, 0.1) is 0 Å². The monoisotopic (exact) mass is 526 g/mol. The predicted molar refractivity (Wildman–Crippen MR) is 4.12 cm³/mol. The molecular weight excluding hydrogens is 526 g/mol. The zero-order valence-corrected chi connectivity index (χ0v) is 16.8. The normalized spacial score (nSPS) is 10.2. The first kappa shape index (κ1) is 31.7. The van der Waals surface area contributed by atoms with Crippen LogP contribution in [0.4, 0.5) is 0 Å². The molecule has 0 aliphatic carbocycles. The molecule has 0 N–H and O–H groups in total. The van der Waals surface area contributed by atoms with E-state index < -0.39 is 40.8 Å². The quantitative estimate of drug-likeness (QED) is 0.286. The molecule has 17 heavy (non-hydrogen) atoms. The molecule has 0 atom stereocenters. The predicted octanol–water partition coefficient (Wildman–Crippen LogP) is -7.86. The van der Waals surface area contributed by atoms with Crippen molar-refractivity contribution < 1.29 is 154 Å². The minimum absolute atomic E-state index is 0. The van der Waals surface area contributed by atoms with Gasteiger partial charge in [0.1, 0.15) is 0 Å². The van der Waals surface area contributed by atoms with Gasteiger partial charge in [0.25, 0.3) is 0 Å². The Morgan fingerprint density at radius 3 is 0.412 bits per heavy atom. The maximum absolute atomic E-state index is 8.59. The second-order valence-corrected chi connectivity index (χ2v) is 5.05. The fourth-order valence-electron chi connectivity index (χ4n) is 0. The van der Waals surface area contributed by atoms with Gasteiger partial charge in [0, 0.05) is 0 Å². The van der Waals surface area contributed by atoms with E-state index in [4.69, 9.17) is 47.8 Å². The molecule has 0 spiro atoms. The second-order valence-electron chi connectivity index (χ2n) is 1.22. The molecule has 0 rings (SSSR count). The number of hydrogen-bond acceptors (Lipinski definition) is 12. The minimum atomic E-state index is -5.75. The molecule has 12 nitrogen and oxygen atoms in total. The van der Waals surface area contributed by atoms with Crippen molar-refractivity contribution in [2.75, 3.05) is 0 Å². The molecule has 0 aromatic rings. The average molecular weight is 526 g/mol. The van der Waals surface area contributed by atoms with Crippen molar-refractivity contribution in [2.45, 2.75) is 0 Å². The maximum Gasteiger partial charge on any atom is 3.00 e. The third-order valence-electron chi connectivity index (χ3n) is 0. The molecule has 0 aromatic carbocycles. The third-order valence-corrected chi connectivity index (χ3v) is 0. The van der Waals surface area contributed by atoms with Gasteiger partial charge < -0.3 is 0 Å². The van der Waals surface area contributed by atoms with Crippen LogP contribution in [0.2, 0.25) is 0 Å². The molecule has 0 unspecified atom stereocenters. The Morgan fingerprint density at radius 1 is 0.412 bits per heavy atom. The SMILES string of the molecule is [O]=[Cr](=[O])([O-])[O-].[O]=[Cr](=[O])([O-])[O-].[O]=[Cr](=[O])([O-])[O-].[Y+3].[Y+3]. The molecule has 96 valence electrons. The average Bonchev–Trinajstić information content (AvgIpc) is 1.41. The summed E-state index contributed by atoms with van der Waals surface area (Å²) in [6.07, 6.45) is 0. The van der Waals surface area contributed by atoms with Crippen LogP contribution in [-0.2, 0) is 129 Å². The molecule has 0 fully saturated rings. The fourth-order valence-corrected chi connectivity index (χ4v) is 0. The van der Waals surface area contributed by atoms with Crippen LogP contribution in [0.1, 0.15) is 0 Å². The van der Waals surface area contributed by atoms with E-state index in [2.05, 4.69) is 0 Å². The Hall–Kier alpha value is 2.37. The molecule has 0 heterocycles. The Labute approximate surface area is 151 Å². The van der Waals surface area contributed by atoms with E-state index in [1.54, 1.807) is 0 Å². The molecule has 0 saturated heterocycles. The first-order valence-corrected chi connectivity index (χ1v) is 8.25. The van der Waals surface area contributed by atoms with E-state index in [0.717, 1.165) is 0 Å². The van der Waals surface area contributed by atoms with E-state index >= 15 is 0 Å². The maximum atomic E-state index is 8.59. The zero-order valence-electron chi connectivity index (χ0n) is 7.28. The van der Waals surface area contributed by atoms with Crippen molar-refractivity contribution in [3.05, 3.63) is 0 Å². The summed E-state index contributed by atoms with van der Waals surface area (Å²) < 4.78 is 103. The molecular formula is Cr3O12Y2. The Balaban J connectivity index is -0.0000000400. The van der Waals surface area contributed by atoms with Crippen LogP contribution in [0.15, 0.2) is 0 Å². The molecule has 0 radical (unpaired) electrons. The van der Waals surface area contributed by atoms with Crippen LogP contribution in [0.5, 0.6) is 0 Å². The summed E-state index contributed by atoms with van der Waals surface area (Å²) in [5, 5.41) is 0. The molecule has 0 bridgehead atoms. The van der Waals surface area contributed by atoms with Crippen LogP contribution in [0.3, 0.4) is 0 Å². The summed E-state index contributed by atoms with van der Waals surface area (Å²) in [6.45, 7) is 0. The summed E-state index contributed by atoms with van der Waals surface area (Å²) in [5.74, 6) is 0. The van der Waals surface area contributed by atoms with Gasteiger partial charge in [-0.1, -0.05) is 0 Å². The van der Waals surface area contributed by atoms with Gasteiger partial charge in [-0.25, -0.2) is 0 Å². The second kappa shape index (κ2) is 13.4. The van der Waals surface area contributed by atoms with Gasteiger partial charge in [-0.15, -0.1) is 0 Å². The molecule has 0 aromatic heterocycles. The van der Waals surface area contributed by atoms with Crippen molar-refractivity contribution in [2.24, 2.45) is 0 Å². The largest absolute Gasteiger partial charge is 3.00 e. The van der Waals surface area contributed by atoms with Gasteiger partial charge in [0.2, 0.25) is 0 Å². The third kappa shape index (κ3) is 879. The van der Waals surface area contributed by atoms with Gasteiger partial charge in [-0.3, -0.25) is 0 Å². The smallest absolute Gasteiger partial charge is 3.00 e. The van der Waals surface area contributed by atoms with Gasteiger partial charge >= 0.3 is 154 Å². The Kier molecular flexibility index (Phi) is 24.9. The van der Waals surface area contributed by atoms with E-state index in [-0.39, 0.29) is 65.4 Å². The van der Waals surface area contributed by atoms with E-state index in [1.165, 1.54) is 0 Å². The van der Waals surface area contributed by atoms with Crippen LogP contribution < -0.4 is 24.9 Å². The summed E-state index contributed by atoms with van der Waals surface area (Å²) in [4.78, 5) is 0. The van der Waals surface area contributed by atoms with Gasteiger partial charge in [0.05, 0.1) is 0 Å². The molecule has 0 aliphatic rings. The molecule has 0 amide bonds. The van der Waals surface area contributed by atoms with Crippen LogP contribution >= 0.6 is 0 Å². The fraction of sp³-hybridized carbons (Fsp3) is 0. The van der Waals surface area contributed by atoms with Crippen molar-refractivity contribution in [3.63, 3.8) is 0 Å². The minimum Gasteiger partial charge on any atom is 3.00 e. The first-order valence-electron chi connectivity index (χ1n) is 2.00. The van der Waals surface area contributed by atoms with Gasteiger partial charge in [0.15, 0.2) is 0 Å². The van der Waals surface area contributed by atoms with E-state index in [9.17, 15) is 0 Å². The van der Waals surface area contributed by atoms with Crippen molar-refractivity contribution >= 4 is 0 Å². The van der Waals surface area contributed by atoms with Crippen molar-refractivity contribution in [1.82, 2.24) is 0 Å². The first-order chi connectivity index (χ1) is 6.00.